The number of hydrogen-bond donors (Lipinski definition) is 1. The van der Waals surface area contributed by atoms with E-state index in [0.717, 1.165) is 54.9 Å². The molecule has 166 valence electrons. The van der Waals surface area contributed by atoms with E-state index in [0.29, 0.717) is 18.1 Å². The minimum Gasteiger partial charge on any atom is -0.481 e. The largest absolute Gasteiger partial charge is 0.481 e. The van der Waals surface area contributed by atoms with Crippen molar-refractivity contribution in [3.63, 3.8) is 0 Å². The molecule has 4 aliphatic rings. The van der Waals surface area contributed by atoms with Crippen LogP contribution in [-0.4, -0.2) is 51.9 Å². The summed E-state index contributed by atoms with van der Waals surface area (Å²) in [5.41, 5.74) is 2.12. The van der Waals surface area contributed by atoms with Gasteiger partial charge in [0, 0.05) is 41.3 Å². The standard InChI is InChI=1S/C26H34N2O3/c29-26(30)11-19-14-27(25-7-2-1-6-24(19)25)20-12-22-15-31-16-23(13-20)28(22)21-9-17-4-3-5-18(8-17)10-21/h1-2,6-7,14,17-18,20-23H,3-5,8-13,15-16H2,(H,29,30)/t17-,18+,20-,21+,22-,23+. The summed E-state index contributed by atoms with van der Waals surface area (Å²) in [5.74, 6) is 1.14. The van der Waals surface area contributed by atoms with Gasteiger partial charge in [0.15, 0.2) is 0 Å². The number of carboxylic acids is 1. The molecule has 0 unspecified atom stereocenters. The number of carboxylic acid groups (broad SMARTS) is 1. The zero-order chi connectivity index (χ0) is 20.9. The predicted molar refractivity (Wildman–Crippen MR) is 120 cm³/mol. The number of ether oxygens (including phenoxy) is 1. The first-order chi connectivity index (χ1) is 15.2. The lowest BCUT2D eigenvalue weighted by Gasteiger charge is -2.55. The molecule has 4 fully saturated rings. The molecule has 2 aliphatic carbocycles. The molecular weight excluding hydrogens is 388 g/mol. The van der Waals surface area contributed by atoms with E-state index in [1.54, 1.807) is 0 Å². The number of para-hydroxylation sites is 1. The van der Waals surface area contributed by atoms with E-state index in [1.807, 2.05) is 6.07 Å². The average Bonchev–Trinajstić information content (AvgIpc) is 3.10. The average molecular weight is 423 g/mol. The van der Waals surface area contributed by atoms with Crippen LogP contribution in [-0.2, 0) is 16.0 Å². The predicted octanol–water partition coefficient (Wildman–Crippen LogP) is 4.64. The Morgan fingerprint density at radius 1 is 0.935 bits per heavy atom. The summed E-state index contributed by atoms with van der Waals surface area (Å²) < 4.78 is 8.45. The lowest BCUT2D eigenvalue weighted by Crippen LogP contribution is -2.61. The van der Waals surface area contributed by atoms with Gasteiger partial charge in [0.2, 0.25) is 0 Å². The summed E-state index contributed by atoms with van der Waals surface area (Å²) in [7, 11) is 0. The van der Waals surface area contributed by atoms with E-state index >= 15 is 0 Å². The van der Waals surface area contributed by atoms with Gasteiger partial charge >= 0.3 is 5.97 Å². The molecule has 4 bridgehead atoms. The molecule has 0 amide bonds. The summed E-state index contributed by atoms with van der Waals surface area (Å²) in [6.07, 6.45) is 13.0. The van der Waals surface area contributed by atoms with Gasteiger partial charge in [-0.1, -0.05) is 37.5 Å². The van der Waals surface area contributed by atoms with E-state index in [-0.39, 0.29) is 6.42 Å². The third-order valence-electron chi connectivity index (χ3n) is 8.63. The lowest BCUT2D eigenvalue weighted by atomic mass is 9.69. The van der Waals surface area contributed by atoms with Gasteiger partial charge in [0.1, 0.15) is 0 Å². The quantitative estimate of drug-likeness (QED) is 0.780. The SMILES string of the molecule is O=C(O)Cc1cn([C@H]2C[C@H]3COC[C@@H](C2)N3[C@H]2C[C@@H]3CCC[C@@H](C3)C2)c2ccccc12. The van der Waals surface area contributed by atoms with Crippen molar-refractivity contribution in [2.24, 2.45) is 11.8 Å². The summed E-state index contributed by atoms with van der Waals surface area (Å²) in [6, 6.07) is 10.5. The fourth-order valence-electron chi connectivity index (χ4n) is 7.56. The molecule has 6 rings (SSSR count). The Kier molecular flexibility index (Phi) is 5.07. The Bertz CT molecular complexity index is 943. The minimum atomic E-state index is -0.758. The van der Waals surface area contributed by atoms with E-state index in [2.05, 4.69) is 33.9 Å². The monoisotopic (exact) mass is 422 g/mol. The van der Waals surface area contributed by atoms with Gasteiger partial charge in [-0.25, -0.2) is 0 Å². The van der Waals surface area contributed by atoms with Crippen molar-refractivity contribution < 1.29 is 14.6 Å². The van der Waals surface area contributed by atoms with E-state index in [4.69, 9.17) is 4.74 Å². The fraction of sp³-hybridized carbons (Fsp3) is 0.654. The molecule has 1 aromatic heterocycles. The number of fused-ring (bicyclic) bond motifs is 5. The van der Waals surface area contributed by atoms with Crippen molar-refractivity contribution in [1.82, 2.24) is 9.47 Å². The highest BCUT2D eigenvalue weighted by molar-refractivity contribution is 5.87. The van der Waals surface area contributed by atoms with E-state index in [9.17, 15) is 9.90 Å². The molecule has 1 aromatic carbocycles. The topological polar surface area (TPSA) is 54.7 Å². The molecule has 31 heavy (non-hydrogen) atoms. The van der Waals surface area contributed by atoms with E-state index in [1.165, 1.54) is 44.0 Å². The number of morpholine rings is 1. The van der Waals surface area contributed by atoms with E-state index < -0.39 is 5.97 Å². The van der Waals surface area contributed by atoms with Crippen molar-refractivity contribution in [3.05, 3.63) is 36.0 Å². The molecule has 2 saturated carbocycles. The first-order valence-corrected chi connectivity index (χ1v) is 12.3. The maximum atomic E-state index is 11.4. The van der Waals surface area contributed by atoms with Gasteiger partial charge in [0.05, 0.1) is 19.6 Å². The Labute approximate surface area is 184 Å². The molecule has 0 spiro atoms. The number of aliphatic carboxylic acids is 1. The third-order valence-corrected chi connectivity index (χ3v) is 8.63. The maximum Gasteiger partial charge on any atom is 0.307 e. The summed E-state index contributed by atoms with van der Waals surface area (Å²) in [4.78, 5) is 14.3. The van der Waals surface area contributed by atoms with Gasteiger partial charge in [0.25, 0.3) is 0 Å². The molecule has 5 nitrogen and oxygen atoms in total. The molecule has 2 aromatic rings. The summed E-state index contributed by atoms with van der Waals surface area (Å²) >= 11 is 0. The molecule has 5 heteroatoms. The molecule has 3 heterocycles. The van der Waals surface area contributed by atoms with Crippen LogP contribution < -0.4 is 0 Å². The van der Waals surface area contributed by atoms with Crippen LogP contribution in [0, 0.1) is 11.8 Å². The number of hydrogen-bond acceptors (Lipinski definition) is 3. The second-order valence-electron chi connectivity index (χ2n) is 10.6. The fourth-order valence-corrected chi connectivity index (χ4v) is 7.56. The third kappa shape index (κ3) is 3.60. The Morgan fingerprint density at radius 2 is 1.65 bits per heavy atom. The zero-order valence-electron chi connectivity index (χ0n) is 18.3. The second kappa shape index (κ2) is 7.93. The molecule has 2 saturated heterocycles. The second-order valence-corrected chi connectivity index (χ2v) is 10.6. The van der Waals surface area contributed by atoms with Crippen LogP contribution in [0.3, 0.4) is 0 Å². The highest BCUT2D eigenvalue weighted by atomic mass is 16.5. The van der Waals surface area contributed by atoms with Crippen LogP contribution in [0.5, 0.6) is 0 Å². The Hall–Kier alpha value is -1.85. The number of benzene rings is 1. The maximum absolute atomic E-state index is 11.4. The van der Waals surface area contributed by atoms with Crippen LogP contribution >= 0.6 is 0 Å². The van der Waals surface area contributed by atoms with Gasteiger partial charge < -0.3 is 14.4 Å². The highest BCUT2D eigenvalue weighted by Crippen LogP contribution is 2.46. The molecule has 0 radical (unpaired) electrons. The van der Waals surface area contributed by atoms with Gasteiger partial charge in [-0.2, -0.15) is 0 Å². The highest BCUT2D eigenvalue weighted by Gasteiger charge is 2.45. The van der Waals surface area contributed by atoms with Crippen LogP contribution in [0.2, 0.25) is 0 Å². The number of aromatic nitrogens is 1. The molecule has 6 atom stereocenters. The number of rotatable bonds is 4. The first-order valence-electron chi connectivity index (χ1n) is 12.3. The molecule has 1 N–H and O–H groups in total. The number of piperidine rings is 1. The smallest absolute Gasteiger partial charge is 0.307 e. The van der Waals surface area contributed by atoms with Crippen LogP contribution in [0.4, 0.5) is 0 Å². The van der Waals surface area contributed by atoms with Gasteiger partial charge in [-0.05, 0) is 55.6 Å². The van der Waals surface area contributed by atoms with Gasteiger partial charge in [-0.3, -0.25) is 9.69 Å². The zero-order valence-corrected chi connectivity index (χ0v) is 18.3. The van der Waals surface area contributed by atoms with Crippen LogP contribution in [0.15, 0.2) is 30.5 Å². The van der Waals surface area contributed by atoms with Crippen molar-refractivity contribution in [2.75, 3.05) is 13.2 Å². The molecule has 2 aliphatic heterocycles. The summed E-state index contributed by atoms with van der Waals surface area (Å²) in [5, 5.41) is 10.5. The van der Waals surface area contributed by atoms with Crippen molar-refractivity contribution in [1.29, 1.82) is 0 Å². The number of carbonyl (C=O) groups is 1. The summed E-state index contributed by atoms with van der Waals surface area (Å²) in [6.45, 7) is 1.69. The normalized spacial score (nSPS) is 35.9. The number of nitrogens with zero attached hydrogens (tertiary/aromatic N) is 2. The van der Waals surface area contributed by atoms with Crippen molar-refractivity contribution >= 4 is 16.9 Å². The molecular formula is C26H34N2O3. The van der Waals surface area contributed by atoms with Crippen molar-refractivity contribution in [3.8, 4) is 0 Å². The van der Waals surface area contributed by atoms with Gasteiger partial charge in [-0.15, -0.1) is 0 Å². The van der Waals surface area contributed by atoms with Crippen LogP contribution in [0.25, 0.3) is 10.9 Å². The minimum absolute atomic E-state index is 0.0905. The Balaban J connectivity index is 1.28. The van der Waals surface area contributed by atoms with Crippen LogP contribution in [0.1, 0.15) is 63.0 Å². The van der Waals surface area contributed by atoms with Crippen molar-refractivity contribution in [2.45, 2.75) is 82.0 Å². The first kappa shape index (κ1) is 19.8. The lowest BCUT2D eigenvalue weighted by molar-refractivity contribution is -0.136. The Morgan fingerprint density at radius 3 is 2.35 bits per heavy atom.